The molecule has 0 saturated heterocycles. The second-order valence-corrected chi connectivity index (χ2v) is 6.90. The maximum atomic E-state index is 13.3. The van der Waals surface area contributed by atoms with Crippen LogP contribution < -0.4 is 5.32 Å². The number of hydrogen-bond acceptors (Lipinski definition) is 1. The predicted octanol–water partition coefficient (Wildman–Crippen LogP) is 5.00. The summed E-state index contributed by atoms with van der Waals surface area (Å²) in [4.78, 5) is 13.0. The van der Waals surface area contributed by atoms with Crippen LogP contribution in [0.4, 0.5) is 4.39 Å². The van der Waals surface area contributed by atoms with Gasteiger partial charge in [0.25, 0.3) is 0 Å². The minimum atomic E-state index is -0.543. The van der Waals surface area contributed by atoms with Gasteiger partial charge < -0.3 is 5.32 Å². The van der Waals surface area contributed by atoms with Crippen LogP contribution in [0.1, 0.15) is 43.2 Å². The van der Waals surface area contributed by atoms with Crippen molar-refractivity contribution in [3.8, 4) is 0 Å². The lowest BCUT2D eigenvalue weighted by Crippen LogP contribution is -2.45. The third kappa shape index (κ3) is 3.62. The van der Waals surface area contributed by atoms with Crippen LogP contribution in [0.3, 0.4) is 0 Å². The van der Waals surface area contributed by atoms with Gasteiger partial charge in [-0.25, -0.2) is 4.39 Å². The molecule has 0 aliphatic heterocycles. The highest BCUT2D eigenvalue weighted by Crippen LogP contribution is 2.39. The fourth-order valence-corrected chi connectivity index (χ4v) is 3.65. The van der Waals surface area contributed by atoms with Gasteiger partial charge in [-0.2, -0.15) is 0 Å². The molecule has 1 aliphatic rings. The van der Waals surface area contributed by atoms with E-state index in [4.69, 9.17) is 11.6 Å². The number of carbonyl (C=O) groups is 1. The molecule has 1 aliphatic carbocycles. The zero-order valence-corrected chi connectivity index (χ0v) is 14.3. The zero-order valence-electron chi connectivity index (χ0n) is 13.5. The molecule has 126 valence electrons. The van der Waals surface area contributed by atoms with Gasteiger partial charge in [0.05, 0.1) is 5.41 Å². The SMILES string of the molecule is O=C(NCc1ccc(Cl)cc1)C1(c2ccc(F)cc2)CCCCC1. The first-order valence-corrected chi connectivity index (χ1v) is 8.77. The Morgan fingerprint density at radius 1 is 1.00 bits per heavy atom. The zero-order chi connectivity index (χ0) is 17.0. The number of hydrogen-bond donors (Lipinski definition) is 1. The monoisotopic (exact) mass is 345 g/mol. The number of benzene rings is 2. The van der Waals surface area contributed by atoms with Crippen molar-refractivity contribution in [2.24, 2.45) is 0 Å². The summed E-state index contributed by atoms with van der Waals surface area (Å²) in [5, 5.41) is 3.75. The number of amides is 1. The van der Waals surface area contributed by atoms with Crippen LogP contribution >= 0.6 is 11.6 Å². The number of halogens is 2. The van der Waals surface area contributed by atoms with E-state index in [1.165, 1.54) is 12.1 Å². The van der Waals surface area contributed by atoms with Gasteiger partial charge in [-0.15, -0.1) is 0 Å². The van der Waals surface area contributed by atoms with Crippen LogP contribution in [0.15, 0.2) is 48.5 Å². The van der Waals surface area contributed by atoms with E-state index in [0.717, 1.165) is 43.2 Å². The molecule has 1 N–H and O–H groups in total. The van der Waals surface area contributed by atoms with Crippen molar-refractivity contribution >= 4 is 17.5 Å². The molecule has 2 aromatic carbocycles. The Morgan fingerprint density at radius 3 is 2.25 bits per heavy atom. The van der Waals surface area contributed by atoms with E-state index >= 15 is 0 Å². The van der Waals surface area contributed by atoms with E-state index in [0.29, 0.717) is 11.6 Å². The van der Waals surface area contributed by atoms with Gasteiger partial charge in [0.15, 0.2) is 0 Å². The van der Waals surface area contributed by atoms with Crippen LogP contribution in [0.5, 0.6) is 0 Å². The average molecular weight is 346 g/mol. The molecule has 3 rings (SSSR count). The Bertz CT molecular complexity index is 691. The molecule has 0 aromatic heterocycles. The standard InChI is InChI=1S/C20H21ClFNO/c21-17-8-4-15(5-9-17)14-23-19(24)20(12-2-1-3-13-20)16-6-10-18(22)11-7-16/h4-11H,1-3,12-14H2,(H,23,24). The summed E-state index contributed by atoms with van der Waals surface area (Å²) in [6.07, 6.45) is 4.81. The summed E-state index contributed by atoms with van der Waals surface area (Å²) in [5.41, 5.74) is 1.38. The number of nitrogens with one attached hydrogen (secondary N) is 1. The lowest BCUT2D eigenvalue weighted by Gasteiger charge is -2.36. The van der Waals surface area contributed by atoms with E-state index in [9.17, 15) is 9.18 Å². The van der Waals surface area contributed by atoms with Gasteiger partial charge in [-0.05, 0) is 48.2 Å². The molecule has 24 heavy (non-hydrogen) atoms. The highest BCUT2D eigenvalue weighted by Gasteiger charge is 2.40. The highest BCUT2D eigenvalue weighted by molar-refractivity contribution is 6.30. The van der Waals surface area contributed by atoms with Gasteiger partial charge in [0, 0.05) is 11.6 Å². The summed E-state index contributed by atoms with van der Waals surface area (Å²) in [6, 6.07) is 13.8. The van der Waals surface area contributed by atoms with Crippen molar-refractivity contribution in [1.29, 1.82) is 0 Å². The molecule has 0 unspecified atom stereocenters. The topological polar surface area (TPSA) is 29.1 Å². The van der Waals surface area contributed by atoms with Crippen molar-refractivity contribution in [2.75, 3.05) is 0 Å². The Balaban J connectivity index is 1.78. The Hall–Kier alpha value is -1.87. The lowest BCUT2D eigenvalue weighted by molar-refractivity contribution is -0.128. The predicted molar refractivity (Wildman–Crippen MR) is 94.5 cm³/mol. The van der Waals surface area contributed by atoms with Crippen LogP contribution in [-0.2, 0) is 16.8 Å². The summed E-state index contributed by atoms with van der Waals surface area (Å²) in [6.45, 7) is 0.471. The van der Waals surface area contributed by atoms with Gasteiger partial charge in [-0.3, -0.25) is 4.79 Å². The van der Waals surface area contributed by atoms with Crippen LogP contribution in [-0.4, -0.2) is 5.91 Å². The minimum Gasteiger partial charge on any atom is -0.351 e. The first kappa shape index (κ1) is 17.0. The number of rotatable bonds is 4. The van der Waals surface area contributed by atoms with Gasteiger partial charge in [0.2, 0.25) is 5.91 Å². The van der Waals surface area contributed by atoms with E-state index in [1.54, 1.807) is 12.1 Å². The molecule has 1 amide bonds. The second-order valence-electron chi connectivity index (χ2n) is 6.46. The molecule has 2 nitrogen and oxygen atoms in total. The Labute approximate surface area is 147 Å². The fraction of sp³-hybridized carbons (Fsp3) is 0.350. The summed E-state index contributed by atoms with van der Waals surface area (Å²) in [5.74, 6) is -0.241. The summed E-state index contributed by atoms with van der Waals surface area (Å²) in [7, 11) is 0. The van der Waals surface area contributed by atoms with E-state index in [2.05, 4.69) is 5.32 Å². The minimum absolute atomic E-state index is 0.0313. The molecule has 0 radical (unpaired) electrons. The van der Waals surface area contributed by atoms with Crippen molar-refractivity contribution in [3.05, 3.63) is 70.5 Å². The summed E-state index contributed by atoms with van der Waals surface area (Å²) < 4.78 is 13.3. The second kappa shape index (κ2) is 7.35. The molecule has 0 heterocycles. The van der Waals surface area contributed by atoms with Crippen LogP contribution in [0, 0.1) is 5.82 Å². The van der Waals surface area contributed by atoms with Crippen LogP contribution in [0.25, 0.3) is 0 Å². The molecule has 2 aromatic rings. The molecular weight excluding hydrogens is 325 g/mol. The molecule has 0 bridgehead atoms. The van der Waals surface area contributed by atoms with Crippen molar-refractivity contribution in [1.82, 2.24) is 5.32 Å². The Kier molecular flexibility index (Phi) is 5.20. The normalized spacial score (nSPS) is 16.6. The largest absolute Gasteiger partial charge is 0.351 e. The molecule has 0 spiro atoms. The van der Waals surface area contributed by atoms with Gasteiger partial charge in [0.1, 0.15) is 5.82 Å². The fourth-order valence-electron chi connectivity index (χ4n) is 3.52. The van der Waals surface area contributed by atoms with Crippen molar-refractivity contribution in [3.63, 3.8) is 0 Å². The van der Waals surface area contributed by atoms with E-state index in [1.807, 2.05) is 24.3 Å². The lowest BCUT2D eigenvalue weighted by atomic mass is 9.68. The average Bonchev–Trinajstić information content (AvgIpc) is 2.62. The highest BCUT2D eigenvalue weighted by atomic mass is 35.5. The maximum absolute atomic E-state index is 13.3. The first-order valence-electron chi connectivity index (χ1n) is 8.39. The molecule has 0 atom stereocenters. The van der Waals surface area contributed by atoms with Gasteiger partial charge >= 0.3 is 0 Å². The van der Waals surface area contributed by atoms with Crippen molar-refractivity contribution in [2.45, 2.75) is 44.1 Å². The van der Waals surface area contributed by atoms with Gasteiger partial charge in [-0.1, -0.05) is 55.1 Å². The third-order valence-corrected chi connectivity index (χ3v) is 5.16. The maximum Gasteiger partial charge on any atom is 0.230 e. The van der Waals surface area contributed by atoms with Crippen LogP contribution in [0.2, 0.25) is 5.02 Å². The molecule has 4 heteroatoms. The molecule has 1 fully saturated rings. The third-order valence-electron chi connectivity index (χ3n) is 4.90. The van der Waals surface area contributed by atoms with E-state index < -0.39 is 5.41 Å². The Morgan fingerprint density at radius 2 is 1.62 bits per heavy atom. The number of carbonyl (C=O) groups excluding carboxylic acids is 1. The van der Waals surface area contributed by atoms with Crippen molar-refractivity contribution < 1.29 is 9.18 Å². The summed E-state index contributed by atoms with van der Waals surface area (Å²) >= 11 is 5.89. The molecular formula is C20H21ClFNO. The van der Waals surface area contributed by atoms with E-state index in [-0.39, 0.29) is 11.7 Å². The smallest absolute Gasteiger partial charge is 0.230 e. The first-order chi connectivity index (χ1) is 11.6. The quantitative estimate of drug-likeness (QED) is 0.830. The molecule has 1 saturated carbocycles.